The Bertz CT molecular complexity index is 1310. The summed E-state index contributed by atoms with van der Waals surface area (Å²) >= 11 is 0. The zero-order chi connectivity index (χ0) is 23.5. The summed E-state index contributed by atoms with van der Waals surface area (Å²) in [6.07, 6.45) is 8.89. The molecule has 0 bridgehead atoms. The molecule has 0 N–H and O–H groups in total. The van der Waals surface area contributed by atoms with E-state index in [9.17, 15) is 4.79 Å². The molecule has 1 fully saturated rings. The molecule has 1 amide bonds. The van der Waals surface area contributed by atoms with Crippen molar-refractivity contribution >= 4 is 17.6 Å². The fourth-order valence-electron chi connectivity index (χ4n) is 4.81. The SMILES string of the molecule is Cc1ccc(-c2nc3cc(C)ccn3c2/C=C/C(=O)N2CCC(Cc3ccccc3)CC2)cc1. The summed E-state index contributed by atoms with van der Waals surface area (Å²) in [7, 11) is 0. The molecular formula is C30H31N3O. The maximum absolute atomic E-state index is 13.1. The number of fused-ring (bicyclic) bond motifs is 1. The fourth-order valence-corrected chi connectivity index (χ4v) is 4.81. The van der Waals surface area contributed by atoms with E-state index in [-0.39, 0.29) is 5.91 Å². The lowest BCUT2D eigenvalue weighted by molar-refractivity contribution is -0.127. The van der Waals surface area contributed by atoms with Gasteiger partial charge in [-0.3, -0.25) is 9.20 Å². The predicted molar refractivity (Wildman–Crippen MR) is 139 cm³/mol. The number of rotatable bonds is 5. The van der Waals surface area contributed by atoms with Crippen LogP contribution in [0.25, 0.3) is 23.0 Å². The number of imidazole rings is 1. The lowest BCUT2D eigenvalue weighted by Crippen LogP contribution is -2.37. The average molecular weight is 450 g/mol. The molecule has 34 heavy (non-hydrogen) atoms. The van der Waals surface area contributed by atoms with E-state index in [4.69, 9.17) is 4.98 Å². The van der Waals surface area contributed by atoms with Gasteiger partial charge in [-0.15, -0.1) is 0 Å². The van der Waals surface area contributed by atoms with Gasteiger partial charge in [0.1, 0.15) is 5.65 Å². The Morgan fingerprint density at radius 3 is 2.44 bits per heavy atom. The van der Waals surface area contributed by atoms with Gasteiger partial charge in [-0.1, -0.05) is 60.2 Å². The molecule has 1 saturated heterocycles. The van der Waals surface area contributed by atoms with E-state index in [0.29, 0.717) is 5.92 Å². The number of likely N-dealkylation sites (tertiary alicyclic amines) is 1. The van der Waals surface area contributed by atoms with Crippen LogP contribution in [0.15, 0.2) is 79.0 Å². The van der Waals surface area contributed by atoms with E-state index < -0.39 is 0 Å². The second-order valence-corrected chi connectivity index (χ2v) is 9.44. The summed E-state index contributed by atoms with van der Waals surface area (Å²) in [5, 5.41) is 0. The van der Waals surface area contributed by atoms with Crippen molar-refractivity contribution in [3.63, 3.8) is 0 Å². The largest absolute Gasteiger partial charge is 0.339 e. The standard InChI is InChI=1S/C30H31N3O/c1-22-8-10-26(11-9-22)30-27(33-19-14-23(2)20-28(33)31-30)12-13-29(34)32-17-15-25(16-18-32)21-24-6-4-3-5-7-24/h3-14,19-20,25H,15-18,21H2,1-2H3/b13-12+. The number of carbonyl (C=O) groups excluding carboxylic acids is 1. The molecule has 3 heterocycles. The summed E-state index contributed by atoms with van der Waals surface area (Å²) in [6.45, 7) is 5.79. The molecule has 0 radical (unpaired) electrons. The van der Waals surface area contributed by atoms with Gasteiger partial charge in [0.25, 0.3) is 0 Å². The normalized spacial score (nSPS) is 14.8. The minimum absolute atomic E-state index is 0.0788. The summed E-state index contributed by atoms with van der Waals surface area (Å²) in [5.74, 6) is 0.723. The topological polar surface area (TPSA) is 37.6 Å². The lowest BCUT2D eigenvalue weighted by atomic mass is 9.90. The molecule has 0 atom stereocenters. The Balaban J connectivity index is 1.33. The Morgan fingerprint density at radius 2 is 1.71 bits per heavy atom. The highest BCUT2D eigenvalue weighted by atomic mass is 16.2. The van der Waals surface area contributed by atoms with Gasteiger partial charge in [-0.2, -0.15) is 0 Å². The van der Waals surface area contributed by atoms with Crippen molar-refractivity contribution in [3.8, 4) is 11.3 Å². The molecule has 0 spiro atoms. The number of carbonyl (C=O) groups is 1. The second-order valence-electron chi connectivity index (χ2n) is 9.44. The number of hydrogen-bond donors (Lipinski definition) is 0. The molecule has 5 rings (SSSR count). The second kappa shape index (κ2) is 9.68. The van der Waals surface area contributed by atoms with Crippen LogP contribution in [0, 0.1) is 19.8 Å². The van der Waals surface area contributed by atoms with Crippen molar-refractivity contribution in [2.75, 3.05) is 13.1 Å². The first-order valence-corrected chi connectivity index (χ1v) is 12.1. The Morgan fingerprint density at radius 1 is 0.971 bits per heavy atom. The summed E-state index contributed by atoms with van der Waals surface area (Å²) < 4.78 is 2.07. The fraction of sp³-hybridized carbons (Fsp3) is 0.267. The number of nitrogens with zero attached hydrogens (tertiary/aromatic N) is 3. The first-order chi connectivity index (χ1) is 16.6. The van der Waals surface area contributed by atoms with Crippen molar-refractivity contribution in [2.24, 2.45) is 5.92 Å². The average Bonchev–Trinajstić information content (AvgIpc) is 3.21. The molecular weight excluding hydrogens is 418 g/mol. The molecule has 1 aliphatic heterocycles. The molecule has 4 heteroatoms. The highest BCUT2D eigenvalue weighted by Crippen LogP contribution is 2.27. The van der Waals surface area contributed by atoms with Crippen LogP contribution in [0.3, 0.4) is 0 Å². The molecule has 172 valence electrons. The Kier molecular flexibility index (Phi) is 6.31. The van der Waals surface area contributed by atoms with Crippen molar-refractivity contribution in [1.29, 1.82) is 0 Å². The van der Waals surface area contributed by atoms with Crippen molar-refractivity contribution in [2.45, 2.75) is 33.1 Å². The third kappa shape index (κ3) is 4.81. The lowest BCUT2D eigenvalue weighted by Gasteiger charge is -2.31. The van der Waals surface area contributed by atoms with Crippen LogP contribution in [0.2, 0.25) is 0 Å². The number of benzene rings is 2. The summed E-state index contributed by atoms with van der Waals surface area (Å²) in [5.41, 5.74) is 7.55. The monoisotopic (exact) mass is 449 g/mol. The van der Waals surface area contributed by atoms with Crippen molar-refractivity contribution < 1.29 is 4.79 Å². The van der Waals surface area contributed by atoms with E-state index in [1.54, 1.807) is 6.08 Å². The van der Waals surface area contributed by atoms with Crippen LogP contribution < -0.4 is 0 Å². The smallest absolute Gasteiger partial charge is 0.246 e. The van der Waals surface area contributed by atoms with Gasteiger partial charge in [-0.05, 0) is 68.4 Å². The first kappa shape index (κ1) is 22.1. The maximum Gasteiger partial charge on any atom is 0.246 e. The van der Waals surface area contributed by atoms with Crippen LogP contribution in [-0.2, 0) is 11.2 Å². The zero-order valence-electron chi connectivity index (χ0n) is 19.9. The molecule has 1 aliphatic rings. The Labute approximate surface area is 201 Å². The van der Waals surface area contributed by atoms with Crippen molar-refractivity contribution in [1.82, 2.24) is 14.3 Å². The molecule has 0 saturated carbocycles. The van der Waals surface area contributed by atoms with Crippen LogP contribution in [0.4, 0.5) is 0 Å². The minimum Gasteiger partial charge on any atom is -0.339 e. The van der Waals surface area contributed by atoms with Gasteiger partial charge in [0, 0.05) is 30.9 Å². The van der Waals surface area contributed by atoms with Gasteiger partial charge < -0.3 is 4.90 Å². The number of amides is 1. The molecule has 4 aromatic rings. The van der Waals surface area contributed by atoms with Crippen LogP contribution in [-0.4, -0.2) is 33.3 Å². The number of pyridine rings is 1. The molecule has 2 aromatic heterocycles. The number of hydrogen-bond acceptors (Lipinski definition) is 2. The summed E-state index contributed by atoms with van der Waals surface area (Å²) in [4.78, 5) is 19.9. The number of piperidine rings is 1. The van der Waals surface area contributed by atoms with Gasteiger partial charge in [0.05, 0.1) is 11.4 Å². The van der Waals surface area contributed by atoms with Crippen LogP contribution in [0.5, 0.6) is 0 Å². The van der Waals surface area contributed by atoms with Gasteiger partial charge in [0.2, 0.25) is 5.91 Å². The van der Waals surface area contributed by atoms with Gasteiger partial charge >= 0.3 is 0 Å². The maximum atomic E-state index is 13.1. The third-order valence-electron chi connectivity index (χ3n) is 6.82. The zero-order valence-corrected chi connectivity index (χ0v) is 19.9. The van der Waals surface area contributed by atoms with Crippen LogP contribution in [0.1, 0.15) is 35.2 Å². The van der Waals surface area contributed by atoms with E-state index in [1.165, 1.54) is 11.1 Å². The Hall–Kier alpha value is -3.66. The minimum atomic E-state index is 0.0788. The van der Waals surface area contributed by atoms with Gasteiger partial charge in [-0.25, -0.2) is 4.98 Å². The number of aromatic nitrogens is 2. The molecule has 0 unspecified atom stereocenters. The van der Waals surface area contributed by atoms with E-state index in [2.05, 4.69) is 85.0 Å². The van der Waals surface area contributed by atoms with Crippen molar-refractivity contribution in [3.05, 3.63) is 101 Å². The van der Waals surface area contributed by atoms with E-state index in [0.717, 1.165) is 60.5 Å². The highest BCUT2D eigenvalue weighted by Gasteiger charge is 2.22. The quantitative estimate of drug-likeness (QED) is 0.345. The van der Waals surface area contributed by atoms with E-state index in [1.807, 2.05) is 17.2 Å². The van der Waals surface area contributed by atoms with Gasteiger partial charge in [0.15, 0.2) is 0 Å². The van der Waals surface area contributed by atoms with Crippen LogP contribution >= 0.6 is 0 Å². The summed E-state index contributed by atoms with van der Waals surface area (Å²) in [6, 6.07) is 23.2. The van der Waals surface area contributed by atoms with E-state index >= 15 is 0 Å². The highest BCUT2D eigenvalue weighted by molar-refractivity contribution is 5.93. The molecule has 4 nitrogen and oxygen atoms in total. The predicted octanol–water partition coefficient (Wildman–Crippen LogP) is 6.11. The first-order valence-electron chi connectivity index (χ1n) is 12.1. The molecule has 0 aliphatic carbocycles. The molecule has 2 aromatic carbocycles. The third-order valence-corrected chi connectivity index (χ3v) is 6.82. The number of aryl methyl sites for hydroxylation is 2.